The molecule has 0 aromatic rings. The van der Waals surface area contributed by atoms with Crippen LogP contribution in [0.5, 0.6) is 0 Å². The van der Waals surface area contributed by atoms with Gasteiger partial charge in [-0.3, -0.25) is 37.3 Å². The maximum Gasteiger partial charge on any atom is 0.472 e. The molecular formula is C81H154O17P2. The molecule has 0 spiro atoms. The number of aliphatic hydroxyl groups is 1. The second-order valence-corrected chi connectivity index (χ2v) is 32.3. The average Bonchev–Trinajstić information content (AvgIpc) is 0.918. The van der Waals surface area contributed by atoms with E-state index in [1.54, 1.807) is 0 Å². The molecule has 0 aliphatic carbocycles. The fourth-order valence-corrected chi connectivity index (χ4v) is 13.5. The Morgan fingerprint density at radius 3 is 0.890 bits per heavy atom. The van der Waals surface area contributed by atoms with E-state index < -0.39 is 97.5 Å². The molecule has 590 valence electrons. The summed E-state index contributed by atoms with van der Waals surface area (Å²) in [4.78, 5) is 73.0. The van der Waals surface area contributed by atoms with Crippen LogP contribution in [-0.4, -0.2) is 96.7 Å². The number of ether oxygens (including phenoxy) is 4. The Labute approximate surface area is 612 Å². The van der Waals surface area contributed by atoms with Crippen LogP contribution in [-0.2, 0) is 65.4 Å². The highest BCUT2D eigenvalue weighted by Gasteiger charge is 2.30. The Hall–Kier alpha value is -2.46. The van der Waals surface area contributed by atoms with Crippen molar-refractivity contribution < 1.29 is 80.2 Å². The van der Waals surface area contributed by atoms with Gasteiger partial charge in [0, 0.05) is 25.7 Å². The van der Waals surface area contributed by atoms with Crippen molar-refractivity contribution in [2.75, 3.05) is 39.6 Å². The zero-order valence-electron chi connectivity index (χ0n) is 65.2. The Morgan fingerprint density at radius 1 is 0.330 bits per heavy atom. The summed E-state index contributed by atoms with van der Waals surface area (Å²) in [6.45, 7) is 11.9. The SMILES string of the molecule is CCCCCC/C=C\C=C/CCCCCCCC(=O)OC[C@H](COP(=O)(O)OC[C@@H](O)COP(=O)(O)OC[C@@H](COC(=O)CCCCCCCCCCC(C)CC)OC(=O)CCCCCCCCCCC(C)CC)OC(=O)CCCCCCCCCCCCCCCCCCCCC(C)C. The topological polar surface area (TPSA) is 237 Å². The lowest BCUT2D eigenvalue weighted by Crippen LogP contribution is -2.30. The van der Waals surface area contributed by atoms with E-state index >= 15 is 0 Å². The van der Waals surface area contributed by atoms with E-state index in [1.165, 1.54) is 186 Å². The summed E-state index contributed by atoms with van der Waals surface area (Å²) in [5, 5.41) is 10.6. The number of aliphatic hydroxyl groups excluding tert-OH is 1. The summed E-state index contributed by atoms with van der Waals surface area (Å²) in [7, 11) is -9.93. The molecule has 0 saturated carbocycles. The molecule has 0 fully saturated rings. The molecule has 3 N–H and O–H groups in total. The van der Waals surface area contributed by atoms with Crippen LogP contribution in [0.3, 0.4) is 0 Å². The minimum Gasteiger partial charge on any atom is -0.462 e. The predicted octanol–water partition coefficient (Wildman–Crippen LogP) is 23.7. The molecule has 0 aromatic heterocycles. The number of hydrogen-bond acceptors (Lipinski definition) is 15. The Balaban J connectivity index is 5.27. The number of hydrogen-bond donors (Lipinski definition) is 3. The highest BCUT2D eigenvalue weighted by Crippen LogP contribution is 2.45. The van der Waals surface area contributed by atoms with Gasteiger partial charge in [0.1, 0.15) is 19.3 Å². The first-order valence-corrected chi connectivity index (χ1v) is 44.2. The van der Waals surface area contributed by atoms with E-state index in [9.17, 15) is 43.2 Å². The largest absolute Gasteiger partial charge is 0.472 e. The fourth-order valence-electron chi connectivity index (χ4n) is 11.9. The monoisotopic (exact) mass is 1460 g/mol. The van der Waals surface area contributed by atoms with E-state index in [1.807, 2.05) is 0 Å². The fraction of sp³-hybridized carbons (Fsp3) is 0.901. The second kappa shape index (κ2) is 70.8. The first kappa shape index (κ1) is 97.5. The third-order valence-electron chi connectivity index (χ3n) is 19.0. The second-order valence-electron chi connectivity index (χ2n) is 29.4. The smallest absolute Gasteiger partial charge is 0.462 e. The van der Waals surface area contributed by atoms with Crippen LogP contribution in [0.25, 0.3) is 0 Å². The third-order valence-corrected chi connectivity index (χ3v) is 20.9. The van der Waals surface area contributed by atoms with E-state index in [0.29, 0.717) is 25.7 Å². The van der Waals surface area contributed by atoms with Crippen LogP contribution >= 0.6 is 15.6 Å². The van der Waals surface area contributed by atoms with Crippen molar-refractivity contribution in [1.82, 2.24) is 0 Å². The lowest BCUT2D eigenvalue weighted by Gasteiger charge is -2.21. The van der Waals surface area contributed by atoms with E-state index in [2.05, 4.69) is 72.8 Å². The predicted molar refractivity (Wildman–Crippen MR) is 409 cm³/mol. The molecule has 19 heteroatoms. The average molecular weight is 1460 g/mol. The molecule has 0 aliphatic rings. The van der Waals surface area contributed by atoms with Crippen LogP contribution in [0.4, 0.5) is 0 Å². The molecule has 0 heterocycles. The van der Waals surface area contributed by atoms with Gasteiger partial charge in [0.25, 0.3) is 0 Å². The van der Waals surface area contributed by atoms with Crippen molar-refractivity contribution in [3.63, 3.8) is 0 Å². The molecule has 17 nitrogen and oxygen atoms in total. The highest BCUT2D eigenvalue weighted by atomic mass is 31.2. The maximum absolute atomic E-state index is 13.1. The third kappa shape index (κ3) is 71.2. The van der Waals surface area contributed by atoms with Gasteiger partial charge < -0.3 is 33.8 Å². The molecule has 0 aromatic carbocycles. The minimum absolute atomic E-state index is 0.101. The first-order valence-electron chi connectivity index (χ1n) is 41.2. The Bertz CT molecular complexity index is 2040. The van der Waals surface area contributed by atoms with Gasteiger partial charge in [0.05, 0.1) is 26.4 Å². The molecule has 0 bridgehead atoms. The van der Waals surface area contributed by atoms with Crippen molar-refractivity contribution in [2.45, 2.75) is 414 Å². The standard InChI is InChI=1S/C81H154O17P2/c1-8-11-12-13-14-15-16-17-22-26-29-32-41-48-55-62-78(83)91-68-76(97-80(85)64-57-50-43-33-30-27-24-21-19-18-20-23-25-28-31-38-45-52-59-72(4)5)70-95-99(87,88)93-66-75(82)67-94-100(89,90)96-71-77(98-81(86)65-58-51-44-37-35-40-47-54-61-74(7)10-3)69-92-79(84)63-56-49-42-36-34-39-46-53-60-73(6)9-2/h15-17,22,72-77,82H,8-14,18-21,23-71H2,1-7H3,(H,87,88)(H,89,90)/b16-15-,22-17-/t73?,74?,75-,76-,77-/m1/s1. The number of carbonyl (C=O) groups excluding carboxylic acids is 4. The Kier molecular flexibility index (Phi) is 69.1. The molecule has 0 saturated heterocycles. The number of rotatable bonds is 77. The summed E-state index contributed by atoms with van der Waals surface area (Å²) in [6.07, 6.45) is 61.8. The van der Waals surface area contributed by atoms with E-state index in [0.717, 1.165) is 127 Å². The molecule has 7 atom stereocenters. The van der Waals surface area contributed by atoms with Gasteiger partial charge >= 0.3 is 39.5 Å². The first-order chi connectivity index (χ1) is 48.3. The van der Waals surface area contributed by atoms with Crippen molar-refractivity contribution in [3.05, 3.63) is 24.3 Å². The number of esters is 4. The van der Waals surface area contributed by atoms with Gasteiger partial charge in [-0.2, -0.15) is 0 Å². The van der Waals surface area contributed by atoms with Gasteiger partial charge in [0.2, 0.25) is 0 Å². The molecule has 0 radical (unpaired) electrons. The van der Waals surface area contributed by atoms with Crippen molar-refractivity contribution >= 4 is 39.5 Å². The highest BCUT2D eigenvalue weighted by molar-refractivity contribution is 7.47. The number of allylic oxidation sites excluding steroid dienone is 4. The zero-order valence-corrected chi connectivity index (χ0v) is 66.9. The van der Waals surface area contributed by atoms with Crippen LogP contribution in [0, 0.1) is 17.8 Å². The summed E-state index contributed by atoms with van der Waals surface area (Å²) < 4.78 is 68.7. The molecule has 0 aliphatic heterocycles. The van der Waals surface area contributed by atoms with Gasteiger partial charge in [-0.1, -0.05) is 342 Å². The lowest BCUT2D eigenvalue weighted by atomic mass is 9.99. The number of carbonyl (C=O) groups is 4. The molecule has 0 amide bonds. The number of phosphoric acid groups is 2. The zero-order chi connectivity index (χ0) is 73.7. The molecule has 100 heavy (non-hydrogen) atoms. The quantitative estimate of drug-likeness (QED) is 0.0169. The van der Waals surface area contributed by atoms with Gasteiger partial charge in [-0.25, -0.2) is 9.13 Å². The summed E-state index contributed by atoms with van der Waals surface area (Å²) in [5.41, 5.74) is 0. The van der Waals surface area contributed by atoms with Crippen LogP contribution in [0.2, 0.25) is 0 Å². The van der Waals surface area contributed by atoms with Crippen LogP contribution in [0.1, 0.15) is 395 Å². The maximum atomic E-state index is 13.1. The minimum atomic E-state index is -4.97. The van der Waals surface area contributed by atoms with Gasteiger partial charge in [-0.05, 0) is 69.1 Å². The van der Waals surface area contributed by atoms with Crippen LogP contribution < -0.4 is 0 Å². The van der Waals surface area contributed by atoms with Crippen molar-refractivity contribution in [3.8, 4) is 0 Å². The number of unbranched alkanes of at least 4 members (excludes halogenated alkanes) is 40. The summed E-state index contributed by atoms with van der Waals surface area (Å²) in [5.74, 6) is 0.219. The normalized spacial score (nSPS) is 14.7. The molecular weight excluding hydrogens is 1310 g/mol. The van der Waals surface area contributed by atoms with Gasteiger partial charge in [0.15, 0.2) is 12.2 Å². The summed E-state index contributed by atoms with van der Waals surface area (Å²) >= 11 is 0. The molecule has 0 rings (SSSR count). The van der Waals surface area contributed by atoms with Crippen molar-refractivity contribution in [2.24, 2.45) is 17.8 Å². The van der Waals surface area contributed by atoms with E-state index in [-0.39, 0.29) is 25.7 Å². The molecule has 4 unspecified atom stereocenters. The Morgan fingerprint density at radius 2 is 0.590 bits per heavy atom. The number of phosphoric ester groups is 2. The van der Waals surface area contributed by atoms with Gasteiger partial charge in [-0.15, -0.1) is 0 Å². The lowest BCUT2D eigenvalue weighted by molar-refractivity contribution is -0.161. The van der Waals surface area contributed by atoms with Crippen LogP contribution in [0.15, 0.2) is 24.3 Å². The summed E-state index contributed by atoms with van der Waals surface area (Å²) in [6, 6.07) is 0. The van der Waals surface area contributed by atoms with E-state index in [4.69, 9.17) is 37.0 Å². The van der Waals surface area contributed by atoms with Crippen molar-refractivity contribution in [1.29, 1.82) is 0 Å².